The summed E-state index contributed by atoms with van der Waals surface area (Å²) in [6.07, 6.45) is 0. The fourth-order valence-corrected chi connectivity index (χ4v) is 2.48. The lowest BCUT2D eigenvalue weighted by Gasteiger charge is -2.10. The third-order valence-corrected chi connectivity index (χ3v) is 3.86. The molecule has 0 aliphatic rings. The van der Waals surface area contributed by atoms with E-state index in [2.05, 4.69) is 10.0 Å². The molecule has 0 heterocycles. The average Bonchev–Trinajstić information content (AvgIpc) is 2.44. The molecule has 0 fully saturated rings. The van der Waals surface area contributed by atoms with Gasteiger partial charge in [-0.25, -0.2) is 13.1 Å². The van der Waals surface area contributed by atoms with E-state index in [4.69, 9.17) is 9.47 Å². The van der Waals surface area contributed by atoms with Crippen molar-refractivity contribution in [3.63, 3.8) is 0 Å². The minimum Gasteiger partial charge on any atom is -0.493 e. The number of carbonyl (C=O) groups is 1. The van der Waals surface area contributed by atoms with E-state index in [-0.39, 0.29) is 11.4 Å². The molecule has 0 spiro atoms. The second kappa shape index (κ2) is 7.11. The van der Waals surface area contributed by atoms with E-state index in [0.29, 0.717) is 18.0 Å². The summed E-state index contributed by atoms with van der Waals surface area (Å²) in [5.41, 5.74) is 0. The van der Waals surface area contributed by atoms with Crippen LogP contribution in [0.4, 0.5) is 0 Å². The van der Waals surface area contributed by atoms with E-state index in [1.807, 2.05) is 0 Å². The quantitative estimate of drug-likeness (QED) is 0.746. The number of rotatable bonds is 7. The fraction of sp³-hybridized carbons (Fsp3) is 0.417. The number of ether oxygens (including phenoxy) is 2. The molecule has 0 aliphatic carbocycles. The van der Waals surface area contributed by atoms with Crippen molar-refractivity contribution < 1.29 is 22.7 Å². The smallest absolute Gasteiger partial charge is 0.241 e. The molecule has 7 nitrogen and oxygen atoms in total. The van der Waals surface area contributed by atoms with Gasteiger partial charge in [0.1, 0.15) is 0 Å². The van der Waals surface area contributed by atoms with E-state index in [9.17, 15) is 13.2 Å². The Labute approximate surface area is 118 Å². The Morgan fingerprint density at radius 3 is 2.40 bits per heavy atom. The standard InChI is InChI=1S/C12H18N2O5S/c1-4-13-12(15)8-14-20(16,17)9-5-6-10(18-2)11(7-9)19-3/h5-7,14H,4,8H2,1-3H3,(H,13,15). The van der Waals surface area contributed by atoms with Crippen molar-refractivity contribution in [1.82, 2.24) is 10.0 Å². The molecule has 2 N–H and O–H groups in total. The van der Waals surface area contributed by atoms with E-state index in [0.717, 1.165) is 0 Å². The summed E-state index contributed by atoms with van der Waals surface area (Å²) in [5.74, 6) is 0.333. The summed E-state index contributed by atoms with van der Waals surface area (Å²) in [5, 5.41) is 2.50. The number of likely N-dealkylation sites (N-methyl/N-ethyl adjacent to an activating group) is 1. The van der Waals surface area contributed by atoms with Crippen LogP contribution in [0, 0.1) is 0 Å². The molecular formula is C12H18N2O5S. The predicted octanol–water partition coefficient (Wildman–Crippen LogP) is 0.118. The van der Waals surface area contributed by atoms with Crippen LogP contribution in [-0.4, -0.2) is 41.6 Å². The monoisotopic (exact) mass is 302 g/mol. The van der Waals surface area contributed by atoms with Gasteiger partial charge in [-0.2, -0.15) is 0 Å². The fourth-order valence-electron chi connectivity index (χ4n) is 1.49. The normalized spacial score (nSPS) is 10.9. The lowest BCUT2D eigenvalue weighted by atomic mass is 10.3. The Bertz CT molecular complexity index is 571. The topological polar surface area (TPSA) is 93.7 Å². The zero-order chi connectivity index (χ0) is 15.2. The summed E-state index contributed by atoms with van der Waals surface area (Å²) >= 11 is 0. The number of methoxy groups -OCH3 is 2. The summed E-state index contributed by atoms with van der Waals surface area (Å²) in [6.45, 7) is 1.88. The van der Waals surface area contributed by atoms with Gasteiger partial charge in [0.25, 0.3) is 0 Å². The first-order valence-corrected chi connectivity index (χ1v) is 7.41. The zero-order valence-electron chi connectivity index (χ0n) is 11.6. The molecule has 0 saturated heterocycles. The molecule has 1 rings (SSSR count). The van der Waals surface area contributed by atoms with Gasteiger partial charge in [0.2, 0.25) is 15.9 Å². The maximum absolute atomic E-state index is 12.0. The molecule has 0 unspecified atom stereocenters. The zero-order valence-corrected chi connectivity index (χ0v) is 12.4. The largest absolute Gasteiger partial charge is 0.493 e. The van der Waals surface area contributed by atoms with Crippen LogP contribution < -0.4 is 19.5 Å². The number of carbonyl (C=O) groups excluding carboxylic acids is 1. The van der Waals surface area contributed by atoms with Crippen LogP contribution in [0.3, 0.4) is 0 Å². The molecule has 0 bridgehead atoms. The van der Waals surface area contributed by atoms with Crippen molar-refractivity contribution in [1.29, 1.82) is 0 Å². The molecule has 8 heteroatoms. The van der Waals surface area contributed by atoms with Crippen molar-refractivity contribution in [2.75, 3.05) is 27.3 Å². The van der Waals surface area contributed by atoms with Crippen molar-refractivity contribution in [3.8, 4) is 11.5 Å². The van der Waals surface area contributed by atoms with Gasteiger partial charge in [-0.1, -0.05) is 0 Å². The van der Waals surface area contributed by atoms with Crippen LogP contribution in [0.1, 0.15) is 6.92 Å². The van der Waals surface area contributed by atoms with Gasteiger partial charge < -0.3 is 14.8 Å². The Balaban J connectivity index is 2.90. The minimum absolute atomic E-state index is 0.000511. The lowest BCUT2D eigenvalue weighted by molar-refractivity contribution is -0.119. The first kappa shape index (κ1) is 16.3. The second-order valence-electron chi connectivity index (χ2n) is 3.79. The van der Waals surface area contributed by atoms with Gasteiger partial charge in [0.15, 0.2) is 11.5 Å². The third kappa shape index (κ3) is 4.10. The average molecular weight is 302 g/mol. The molecule has 112 valence electrons. The van der Waals surface area contributed by atoms with Gasteiger partial charge in [0.05, 0.1) is 25.7 Å². The number of benzene rings is 1. The molecule has 0 aliphatic heterocycles. The molecule has 1 aromatic carbocycles. The first-order chi connectivity index (χ1) is 9.44. The summed E-state index contributed by atoms with van der Waals surface area (Å²) in [4.78, 5) is 11.3. The van der Waals surface area contributed by atoms with Crippen molar-refractivity contribution in [2.45, 2.75) is 11.8 Å². The van der Waals surface area contributed by atoms with E-state index in [1.165, 1.54) is 32.4 Å². The lowest BCUT2D eigenvalue weighted by Crippen LogP contribution is -2.36. The third-order valence-electron chi connectivity index (χ3n) is 2.46. The second-order valence-corrected chi connectivity index (χ2v) is 5.56. The summed E-state index contributed by atoms with van der Waals surface area (Å²) in [6, 6.07) is 4.19. The van der Waals surface area contributed by atoms with E-state index in [1.54, 1.807) is 6.92 Å². The van der Waals surface area contributed by atoms with Gasteiger partial charge in [-0.05, 0) is 19.1 Å². The van der Waals surface area contributed by atoms with E-state index < -0.39 is 15.9 Å². The van der Waals surface area contributed by atoms with Gasteiger partial charge >= 0.3 is 0 Å². The molecule has 0 radical (unpaired) electrons. The summed E-state index contributed by atoms with van der Waals surface area (Å²) in [7, 11) is -0.907. The highest BCUT2D eigenvalue weighted by atomic mass is 32.2. The number of amides is 1. The Hall–Kier alpha value is -1.80. The van der Waals surface area contributed by atoms with Crippen LogP contribution in [-0.2, 0) is 14.8 Å². The number of nitrogens with one attached hydrogen (secondary N) is 2. The Morgan fingerprint density at radius 1 is 1.20 bits per heavy atom. The van der Waals surface area contributed by atoms with Crippen LogP contribution in [0.2, 0.25) is 0 Å². The van der Waals surface area contributed by atoms with Crippen molar-refractivity contribution >= 4 is 15.9 Å². The first-order valence-electron chi connectivity index (χ1n) is 5.93. The molecular weight excluding hydrogens is 284 g/mol. The predicted molar refractivity (Wildman–Crippen MR) is 73.4 cm³/mol. The van der Waals surface area contributed by atoms with Crippen LogP contribution in [0.25, 0.3) is 0 Å². The summed E-state index contributed by atoms with van der Waals surface area (Å²) < 4.78 is 36.3. The highest BCUT2D eigenvalue weighted by Gasteiger charge is 2.17. The molecule has 0 aromatic heterocycles. The van der Waals surface area contributed by atoms with Crippen LogP contribution in [0.5, 0.6) is 11.5 Å². The molecule has 1 amide bonds. The van der Waals surface area contributed by atoms with Crippen molar-refractivity contribution in [2.24, 2.45) is 0 Å². The number of sulfonamides is 1. The molecule has 0 atom stereocenters. The Morgan fingerprint density at radius 2 is 1.85 bits per heavy atom. The van der Waals surface area contributed by atoms with Crippen LogP contribution in [0.15, 0.2) is 23.1 Å². The minimum atomic E-state index is -3.78. The maximum Gasteiger partial charge on any atom is 0.241 e. The molecule has 1 aromatic rings. The van der Waals surface area contributed by atoms with Crippen LogP contribution >= 0.6 is 0 Å². The van der Waals surface area contributed by atoms with E-state index >= 15 is 0 Å². The maximum atomic E-state index is 12.0. The van der Waals surface area contributed by atoms with Gasteiger partial charge in [0, 0.05) is 12.6 Å². The highest BCUT2D eigenvalue weighted by Crippen LogP contribution is 2.29. The molecule has 20 heavy (non-hydrogen) atoms. The highest BCUT2D eigenvalue weighted by molar-refractivity contribution is 7.89. The Kier molecular flexibility index (Phi) is 5.78. The SMILES string of the molecule is CCNC(=O)CNS(=O)(=O)c1ccc(OC)c(OC)c1. The number of hydrogen-bond acceptors (Lipinski definition) is 5. The van der Waals surface area contributed by atoms with Crippen molar-refractivity contribution in [3.05, 3.63) is 18.2 Å². The number of hydrogen-bond donors (Lipinski definition) is 2. The molecule has 0 saturated carbocycles. The van der Waals surface area contributed by atoms with Gasteiger partial charge in [-0.15, -0.1) is 0 Å². The van der Waals surface area contributed by atoms with Gasteiger partial charge in [-0.3, -0.25) is 4.79 Å².